The van der Waals surface area contributed by atoms with E-state index in [0.29, 0.717) is 11.6 Å². The van der Waals surface area contributed by atoms with Gasteiger partial charge in [-0.15, -0.1) is 0 Å². The van der Waals surface area contributed by atoms with Crippen molar-refractivity contribution in [1.29, 1.82) is 0 Å². The molecule has 1 aliphatic carbocycles. The predicted molar refractivity (Wildman–Crippen MR) is 75.9 cm³/mol. The maximum atomic E-state index is 12.2. The Balaban J connectivity index is 1.70. The number of hydrogen-bond acceptors (Lipinski definition) is 4. The Kier molecular flexibility index (Phi) is 3.55. The van der Waals surface area contributed by atoms with E-state index in [9.17, 15) is 9.59 Å². The fourth-order valence-corrected chi connectivity index (χ4v) is 2.25. The van der Waals surface area contributed by atoms with Gasteiger partial charge in [-0.2, -0.15) is 9.36 Å². The summed E-state index contributed by atoms with van der Waals surface area (Å²) >= 11 is 0. The number of carbonyl (C=O) groups excluding carboxylic acids is 1. The number of nitrogens with zero attached hydrogens (tertiary/aromatic N) is 4. The first-order valence-electron chi connectivity index (χ1n) is 7.03. The van der Waals surface area contributed by atoms with Crippen molar-refractivity contribution in [1.82, 2.24) is 25.1 Å². The van der Waals surface area contributed by atoms with Crippen LogP contribution in [0.2, 0.25) is 0 Å². The number of amides is 1. The Morgan fingerprint density at radius 2 is 2.05 bits per heavy atom. The number of rotatable bonds is 5. The van der Waals surface area contributed by atoms with Crippen molar-refractivity contribution in [3.8, 4) is 5.69 Å². The van der Waals surface area contributed by atoms with Crippen molar-refractivity contribution < 1.29 is 4.79 Å². The van der Waals surface area contributed by atoms with Gasteiger partial charge in [-0.1, -0.05) is 18.2 Å². The second-order valence-electron chi connectivity index (χ2n) is 5.36. The largest absolute Gasteiger partial charge is 0.368 e. The molecule has 1 N–H and O–H groups in total. The number of hydrogen-bond donors (Lipinski definition) is 1. The molecule has 21 heavy (non-hydrogen) atoms. The minimum Gasteiger partial charge on any atom is -0.352 e. The third kappa shape index (κ3) is 3.01. The maximum absolute atomic E-state index is 12.2. The molecule has 0 bridgehead atoms. The fraction of sp³-hybridized carbons (Fsp3) is 0.429. The highest BCUT2D eigenvalue weighted by Crippen LogP contribution is 2.32. The predicted octanol–water partition coefficient (Wildman–Crippen LogP) is 0.344. The average molecular weight is 287 g/mol. The van der Waals surface area contributed by atoms with Crippen LogP contribution in [0.1, 0.15) is 19.8 Å². The SMILES string of the molecule is CC(NC(=O)Cn1nnn(-c2ccccc2)c1=O)C1CC1. The molecule has 1 aromatic heterocycles. The van der Waals surface area contributed by atoms with Crippen molar-refractivity contribution >= 4 is 5.91 Å². The molecule has 110 valence electrons. The molecule has 3 rings (SSSR count). The van der Waals surface area contributed by atoms with E-state index in [2.05, 4.69) is 15.7 Å². The number of tetrazole rings is 1. The molecule has 0 saturated heterocycles. The number of nitrogens with one attached hydrogen (secondary N) is 1. The van der Waals surface area contributed by atoms with E-state index >= 15 is 0 Å². The number of para-hydroxylation sites is 1. The molecule has 0 aliphatic heterocycles. The Morgan fingerprint density at radius 3 is 2.71 bits per heavy atom. The van der Waals surface area contributed by atoms with Gasteiger partial charge in [0.1, 0.15) is 6.54 Å². The zero-order valence-corrected chi connectivity index (χ0v) is 11.8. The molecule has 0 spiro atoms. The second-order valence-corrected chi connectivity index (χ2v) is 5.36. The Labute approximate surface area is 121 Å². The van der Waals surface area contributed by atoms with Gasteiger partial charge in [-0.3, -0.25) is 4.79 Å². The second kappa shape index (κ2) is 5.51. The average Bonchev–Trinajstić information content (AvgIpc) is 3.27. The van der Waals surface area contributed by atoms with E-state index in [1.165, 1.54) is 4.68 Å². The van der Waals surface area contributed by atoms with Crippen LogP contribution in [0, 0.1) is 5.92 Å². The first-order valence-corrected chi connectivity index (χ1v) is 7.03. The summed E-state index contributed by atoms with van der Waals surface area (Å²) in [6.07, 6.45) is 2.32. The lowest BCUT2D eigenvalue weighted by molar-refractivity contribution is -0.122. The van der Waals surface area contributed by atoms with Gasteiger partial charge in [0.05, 0.1) is 5.69 Å². The quantitative estimate of drug-likeness (QED) is 0.860. The molecule has 0 radical (unpaired) electrons. The van der Waals surface area contributed by atoms with Crippen LogP contribution in [0.5, 0.6) is 0 Å². The van der Waals surface area contributed by atoms with Gasteiger partial charge in [0.2, 0.25) is 5.91 Å². The van der Waals surface area contributed by atoms with Gasteiger partial charge >= 0.3 is 5.69 Å². The molecule has 2 aromatic rings. The highest BCUT2D eigenvalue weighted by molar-refractivity contribution is 5.75. The summed E-state index contributed by atoms with van der Waals surface area (Å²) in [5, 5.41) is 10.4. The summed E-state index contributed by atoms with van der Waals surface area (Å²) < 4.78 is 2.25. The van der Waals surface area contributed by atoms with Crippen molar-refractivity contribution in [2.24, 2.45) is 5.92 Å². The van der Waals surface area contributed by atoms with Crippen LogP contribution in [0.3, 0.4) is 0 Å². The normalized spacial score (nSPS) is 15.7. The minimum atomic E-state index is -0.421. The molecular weight excluding hydrogens is 270 g/mol. The Morgan fingerprint density at radius 1 is 1.33 bits per heavy atom. The molecular formula is C14H17N5O2. The third-order valence-electron chi connectivity index (χ3n) is 3.65. The molecule has 1 heterocycles. The molecule has 1 atom stereocenters. The van der Waals surface area contributed by atoms with E-state index in [-0.39, 0.29) is 18.5 Å². The smallest absolute Gasteiger partial charge is 0.352 e. The van der Waals surface area contributed by atoms with Crippen LogP contribution in [-0.4, -0.2) is 31.7 Å². The van der Waals surface area contributed by atoms with Crippen LogP contribution >= 0.6 is 0 Å². The molecule has 1 saturated carbocycles. The first-order chi connectivity index (χ1) is 10.1. The summed E-state index contributed by atoms with van der Waals surface area (Å²) in [4.78, 5) is 24.1. The lowest BCUT2D eigenvalue weighted by Crippen LogP contribution is -2.38. The first kappa shape index (κ1) is 13.5. The van der Waals surface area contributed by atoms with Crippen molar-refractivity contribution in [3.63, 3.8) is 0 Å². The number of carbonyl (C=O) groups is 1. The Hall–Kier alpha value is -2.44. The van der Waals surface area contributed by atoms with Crippen LogP contribution in [0.4, 0.5) is 0 Å². The molecule has 1 aliphatic rings. The van der Waals surface area contributed by atoms with Gasteiger partial charge in [0.15, 0.2) is 0 Å². The highest BCUT2D eigenvalue weighted by atomic mass is 16.2. The molecule has 1 aromatic carbocycles. The van der Waals surface area contributed by atoms with E-state index < -0.39 is 5.69 Å². The molecule has 1 fully saturated rings. The van der Waals surface area contributed by atoms with Crippen molar-refractivity contribution in [2.45, 2.75) is 32.4 Å². The van der Waals surface area contributed by atoms with Gasteiger partial charge in [-0.25, -0.2) is 4.79 Å². The summed E-state index contributed by atoms with van der Waals surface area (Å²) in [5.74, 6) is 0.363. The molecule has 7 heteroatoms. The van der Waals surface area contributed by atoms with E-state index in [1.54, 1.807) is 12.1 Å². The van der Waals surface area contributed by atoms with Crippen molar-refractivity contribution in [3.05, 3.63) is 40.8 Å². The summed E-state index contributed by atoms with van der Waals surface area (Å²) in [6, 6.07) is 9.14. The van der Waals surface area contributed by atoms with Crippen LogP contribution in [0.15, 0.2) is 35.1 Å². The fourth-order valence-electron chi connectivity index (χ4n) is 2.25. The standard InChI is InChI=1S/C14H17N5O2/c1-10(11-7-8-11)15-13(20)9-18-14(21)19(17-16-18)12-5-3-2-4-6-12/h2-6,10-11H,7-9H2,1H3,(H,15,20). The van der Waals surface area contributed by atoms with Crippen LogP contribution < -0.4 is 11.0 Å². The summed E-state index contributed by atoms with van der Waals surface area (Å²) in [5.41, 5.74) is 0.205. The monoisotopic (exact) mass is 287 g/mol. The zero-order chi connectivity index (χ0) is 14.8. The highest BCUT2D eigenvalue weighted by Gasteiger charge is 2.29. The van der Waals surface area contributed by atoms with E-state index in [1.807, 2.05) is 25.1 Å². The maximum Gasteiger partial charge on any atom is 0.368 e. The van der Waals surface area contributed by atoms with Gasteiger partial charge in [0.25, 0.3) is 0 Å². The van der Waals surface area contributed by atoms with Gasteiger partial charge in [-0.05, 0) is 48.2 Å². The lowest BCUT2D eigenvalue weighted by Gasteiger charge is -2.11. The summed E-state index contributed by atoms with van der Waals surface area (Å²) in [7, 11) is 0. The topological polar surface area (TPSA) is 81.8 Å². The Bertz CT molecular complexity index is 687. The lowest BCUT2D eigenvalue weighted by atomic mass is 10.2. The van der Waals surface area contributed by atoms with E-state index in [0.717, 1.165) is 17.5 Å². The summed E-state index contributed by atoms with van der Waals surface area (Å²) in [6.45, 7) is 1.88. The van der Waals surface area contributed by atoms with Crippen LogP contribution in [-0.2, 0) is 11.3 Å². The molecule has 1 unspecified atom stereocenters. The molecule has 7 nitrogen and oxygen atoms in total. The number of benzene rings is 1. The number of aromatic nitrogens is 4. The van der Waals surface area contributed by atoms with E-state index in [4.69, 9.17) is 0 Å². The van der Waals surface area contributed by atoms with Gasteiger partial charge in [0, 0.05) is 6.04 Å². The zero-order valence-electron chi connectivity index (χ0n) is 11.8. The van der Waals surface area contributed by atoms with Crippen LogP contribution in [0.25, 0.3) is 5.69 Å². The minimum absolute atomic E-state index is 0.108. The van der Waals surface area contributed by atoms with Gasteiger partial charge < -0.3 is 5.32 Å². The molecule has 1 amide bonds. The third-order valence-corrected chi connectivity index (χ3v) is 3.65. The van der Waals surface area contributed by atoms with Crippen molar-refractivity contribution in [2.75, 3.05) is 0 Å².